The average molecular weight is 452 g/mol. The third-order valence-corrected chi connectivity index (χ3v) is 5.25. The van der Waals surface area contributed by atoms with Gasteiger partial charge in [-0.2, -0.15) is 0 Å². The van der Waals surface area contributed by atoms with E-state index in [1.54, 1.807) is 7.11 Å². The van der Waals surface area contributed by atoms with Gasteiger partial charge in [-0.3, -0.25) is 4.99 Å². The Morgan fingerprint density at radius 1 is 1.17 bits per heavy atom. The Balaban J connectivity index is 0.00000288. The Morgan fingerprint density at radius 2 is 1.79 bits per heavy atom. The van der Waals surface area contributed by atoms with Crippen LogP contribution in [0.5, 0.6) is 0 Å². The fourth-order valence-corrected chi connectivity index (χ4v) is 4.04. The number of aliphatic imine (C=N–C) groups is 1. The number of hydrogen-bond acceptors (Lipinski definition) is 3. The molecule has 0 amide bonds. The third-order valence-electron chi connectivity index (χ3n) is 5.25. The van der Waals surface area contributed by atoms with Gasteiger partial charge in [0.15, 0.2) is 5.96 Å². The molecular weight excluding hydrogens is 415 g/mol. The smallest absolute Gasteiger partial charge is 0.193 e. The van der Waals surface area contributed by atoms with Crippen molar-refractivity contribution in [2.45, 2.75) is 33.1 Å². The van der Waals surface area contributed by atoms with Gasteiger partial charge in [0.25, 0.3) is 0 Å². The second-order valence-corrected chi connectivity index (χ2v) is 7.56. The van der Waals surface area contributed by atoms with Crippen molar-refractivity contribution in [1.29, 1.82) is 0 Å². The zero-order valence-electron chi connectivity index (χ0n) is 16.0. The lowest BCUT2D eigenvalue weighted by atomic mass is 9.92. The molecule has 0 aromatic rings. The molecule has 24 heavy (non-hydrogen) atoms. The molecule has 0 aromatic carbocycles. The first-order valence-electron chi connectivity index (χ1n) is 9.29. The number of halogens is 1. The molecule has 2 atom stereocenters. The second-order valence-electron chi connectivity index (χ2n) is 7.56. The van der Waals surface area contributed by atoms with Crippen LogP contribution in [0.2, 0.25) is 0 Å². The molecule has 6 heteroatoms. The maximum atomic E-state index is 5.17. The molecule has 0 bridgehead atoms. The molecule has 2 aliphatic heterocycles. The van der Waals surface area contributed by atoms with E-state index >= 15 is 0 Å². The summed E-state index contributed by atoms with van der Waals surface area (Å²) in [5.74, 6) is 3.40. The summed E-state index contributed by atoms with van der Waals surface area (Å²) in [5.41, 5.74) is 0. The van der Waals surface area contributed by atoms with Crippen molar-refractivity contribution in [1.82, 2.24) is 15.1 Å². The van der Waals surface area contributed by atoms with Crippen molar-refractivity contribution in [3.05, 3.63) is 0 Å². The van der Waals surface area contributed by atoms with Gasteiger partial charge >= 0.3 is 0 Å². The van der Waals surface area contributed by atoms with E-state index in [-0.39, 0.29) is 24.0 Å². The monoisotopic (exact) mass is 452 g/mol. The molecule has 0 aromatic heterocycles. The predicted octanol–water partition coefficient (Wildman–Crippen LogP) is 2.52. The van der Waals surface area contributed by atoms with Crippen molar-refractivity contribution in [3.63, 3.8) is 0 Å². The summed E-state index contributed by atoms with van der Waals surface area (Å²) in [6.07, 6.45) is 3.90. The van der Waals surface area contributed by atoms with E-state index in [4.69, 9.17) is 4.74 Å². The van der Waals surface area contributed by atoms with E-state index in [2.05, 4.69) is 34.0 Å². The molecule has 0 spiro atoms. The van der Waals surface area contributed by atoms with Gasteiger partial charge in [0.1, 0.15) is 0 Å². The van der Waals surface area contributed by atoms with Gasteiger partial charge in [-0.25, -0.2) is 0 Å². The third kappa shape index (κ3) is 7.04. The zero-order chi connectivity index (χ0) is 16.7. The summed E-state index contributed by atoms with van der Waals surface area (Å²) < 4.78 is 5.17. The molecule has 2 rings (SSSR count). The second kappa shape index (κ2) is 11.5. The number of nitrogens with zero attached hydrogens (tertiary/aromatic N) is 3. The van der Waals surface area contributed by atoms with Gasteiger partial charge in [0.05, 0.1) is 6.61 Å². The van der Waals surface area contributed by atoms with Crippen molar-refractivity contribution in [2.24, 2.45) is 22.7 Å². The molecule has 2 saturated heterocycles. The van der Waals surface area contributed by atoms with Crippen molar-refractivity contribution < 1.29 is 4.74 Å². The van der Waals surface area contributed by atoms with Crippen molar-refractivity contribution in [2.75, 3.05) is 60.0 Å². The lowest BCUT2D eigenvalue weighted by Crippen LogP contribution is -2.50. The topological polar surface area (TPSA) is 40.1 Å². The van der Waals surface area contributed by atoms with Crippen molar-refractivity contribution >= 4 is 29.9 Å². The molecule has 2 aliphatic rings. The van der Waals surface area contributed by atoms with Crippen LogP contribution in [0.3, 0.4) is 0 Å². The Labute approximate surface area is 165 Å². The standard InChI is InChI=1S/C18H36N4O.HI/c1-15-11-16(2)14-22(13-15)18(19-3)20-12-17-5-7-21(8-6-17)9-10-23-4;/h15-17H,5-14H2,1-4H3,(H,19,20);1H. The molecule has 0 saturated carbocycles. The van der Waals surface area contributed by atoms with Gasteiger partial charge < -0.3 is 19.9 Å². The Kier molecular flexibility index (Phi) is 10.5. The van der Waals surface area contributed by atoms with Crippen LogP contribution in [0, 0.1) is 17.8 Å². The summed E-state index contributed by atoms with van der Waals surface area (Å²) >= 11 is 0. The minimum Gasteiger partial charge on any atom is -0.383 e. The fourth-order valence-electron chi connectivity index (χ4n) is 4.04. The summed E-state index contributed by atoms with van der Waals surface area (Å²) in [5, 5.41) is 3.64. The van der Waals surface area contributed by atoms with Crippen LogP contribution in [0.15, 0.2) is 4.99 Å². The lowest BCUT2D eigenvalue weighted by molar-refractivity contribution is 0.120. The Hall–Kier alpha value is -0.0800. The van der Waals surface area contributed by atoms with E-state index in [0.29, 0.717) is 0 Å². The van der Waals surface area contributed by atoms with Gasteiger partial charge in [-0.15, -0.1) is 24.0 Å². The van der Waals surface area contributed by atoms with Gasteiger partial charge in [-0.05, 0) is 50.1 Å². The maximum Gasteiger partial charge on any atom is 0.193 e. The summed E-state index contributed by atoms with van der Waals surface area (Å²) in [6, 6.07) is 0. The van der Waals surface area contributed by atoms with Crippen LogP contribution in [0.1, 0.15) is 33.1 Å². The van der Waals surface area contributed by atoms with Crippen LogP contribution in [0.25, 0.3) is 0 Å². The first-order valence-corrected chi connectivity index (χ1v) is 9.29. The highest BCUT2D eigenvalue weighted by atomic mass is 127. The van der Waals surface area contributed by atoms with Crippen molar-refractivity contribution in [3.8, 4) is 0 Å². The molecule has 2 fully saturated rings. The first kappa shape index (κ1) is 22.0. The highest BCUT2D eigenvalue weighted by Crippen LogP contribution is 2.21. The average Bonchev–Trinajstić information content (AvgIpc) is 2.54. The molecule has 0 aliphatic carbocycles. The lowest BCUT2D eigenvalue weighted by Gasteiger charge is -2.38. The van der Waals surface area contributed by atoms with Crippen LogP contribution >= 0.6 is 24.0 Å². The summed E-state index contributed by atoms with van der Waals surface area (Å²) in [6.45, 7) is 12.4. The molecule has 142 valence electrons. The van der Waals surface area contributed by atoms with Gasteiger partial charge in [0, 0.05) is 40.3 Å². The number of ether oxygens (including phenoxy) is 1. The highest BCUT2D eigenvalue weighted by Gasteiger charge is 2.25. The first-order chi connectivity index (χ1) is 11.1. The minimum atomic E-state index is 0. The van der Waals surface area contributed by atoms with E-state index in [1.165, 1.54) is 32.4 Å². The summed E-state index contributed by atoms with van der Waals surface area (Å²) in [4.78, 5) is 9.49. The molecule has 2 heterocycles. The molecular formula is C18H37IN4O. The molecule has 5 nitrogen and oxygen atoms in total. The number of hydrogen-bond donors (Lipinski definition) is 1. The zero-order valence-corrected chi connectivity index (χ0v) is 18.3. The number of nitrogens with one attached hydrogen (secondary N) is 1. The molecule has 0 radical (unpaired) electrons. The van der Waals surface area contributed by atoms with E-state index in [1.807, 2.05) is 7.05 Å². The van der Waals surface area contributed by atoms with E-state index < -0.39 is 0 Å². The molecule has 1 N–H and O–H groups in total. The molecule has 2 unspecified atom stereocenters. The van der Waals surface area contributed by atoms with Crippen LogP contribution in [0.4, 0.5) is 0 Å². The number of likely N-dealkylation sites (tertiary alicyclic amines) is 2. The highest BCUT2D eigenvalue weighted by molar-refractivity contribution is 14.0. The minimum absolute atomic E-state index is 0. The SMILES string of the molecule is CN=C(NCC1CCN(CCOC)CC1)N1CC(C)CC(C)C1.I. The van der Waals surface area contributed by atoms with E-state index in [0.717, 1.165) is 56.5 Å². The largest absolute Gasteiger partial charge is 0.383 e. The quantitative estimate of drug-likeness (QED) is 0.396. The maximum absolute atomic E-state index is 5.17. The van der Waals surface area contributed by atoms with Gasteiger partial charge in [-0.1, -0.05) is 13.8 Å². The fraction of sp³-hybridized carbons (Fsp3) is 0.944. The summed E-state index contributed by atoms with van der Waals surface area (Å²) in [7, 11) is 3.70. The Bertz CT molecular complexity index is 362. The van der Waals surface area contributed by atoms with Crippen LogP contribution < -0.4 is 5.32 Å². The number of guanidine groups is 1. The predicted molar refractivity (Wildman–Crippen MR) is 112 cm³/mol. The number of piperidine rings is 2. The van der Waals surface area contributed by atoms with Crippen LogP contribution in [-0.2, 0) is 4.74 Å². The Morgan fingerprint density at radius 3 is 2.33 bits per heavy atom. The van der Waals surface area contributed by atoms with Gasteiger partial charge in [0.2, 0.25) is 0 Å². The van der Waals surface area contributed by atoms with Crippen LogP contribution in [-0.4, -0.2) is 75.8 Å². The van der Waals surface area contributed by atoms with E-state index in [9.17, 15) is 0 Å². The number of rotatable bonds is 5. The normalized spacial score (nSPS) is 27.0. The number of methoxy groups -OCH3 is 1.